The molecule has 0 amide bonds. The van der Waals surface area contributed by atoms with Crippen LogP contribution in [0.1, 0.15) is 10.4 Å². The molecular weight excluding hydrogens is 207 g/mol. The van der Waals surface area contributed by atoms with Gasteiger partial charge in [0, 0.05) is 10.1 Å². The number of hydrogen-bond donors (Lipinski definition) is 2. The Morgan fingerprint density at radius 2 is 2.14 bits per heavy atom. The molecule has 1 aromatic heterocycles. The third-order valence-electron chi connectivity index (χ3n) is 1.87. The predicted octanol–water partition coefficient (Wildman–Crippen LogP) is 2.44. The van der Waals surface area contributed by atoms with Crippen LogP contribution in [0.15, 0.2) is 18.2 Å². The number of phenols is 1. The van der Waals surface area contributed by atoms with Crippen LogP contribution in [0.25, 0.3) is 10.1 Å². The molecule has 0 saturated heterocycles. The summed E-state index contributed by atoms with van der Waals surface area (Å²) in [6.07, 6.45) is 0. The molecule has 0 fully saturated rings. The van der Waals surface area contributed by atoms with Crippen molar-refractivity contribution in [2.75, 3.05) is 0 Å². The molecule has 0 aliphatic carbocycles. The van der Waals surface area contributed by atoms with Gasteiger partial charge in [0.2, 0.25) is 0 Å². The topological polar surface area (TPSA) is 57.5 Å². The smallest absolute Gasteiger partial charge is 0.339 e. The van der Waals surface area contributed by atoms with E-state index in [9.17, 15) is 14.3 Å². The standard InChI is InChI=1S/C9H5FO3S/c10-7-3-5-6(14-7)2-1-4(8(5)11)9(12)13/h1-3,11H,(H,12,13). The second kappa shape index (κ2) is 2.95. The normalized spacial score (nSPS) is 10.6. The molecular formula is C9H5FO3S. The largest absolute Gasteiger partial charge is 0.506 e. The van der Waals surface area contributed by atoms with Gasteiger partial charge in [-0.15, -0.1) is 11.3 Å². The first kappa shape index (κ1) is 8.96. The molecule has 0 bridgehead atoms. The number of carboxylic acids is 1. The molecule has 0 spiro atoms. The van der Waals surface area contributed by atoms with Crippen LogP contribution >= 0.6 is 11.3 Å². The second-order valence-corrected chi connectivity index (χ2v) is 3.76. The molecule has 2 rings (SSSR count). The Balaban J connectivity index is 2.80. The Morgan fingerprint density at radius 1 is 1.43 bits per heavy atom. The van der Waals surface area contributed by atoms with E-state index in [1.54, 1.807) is 0 Å². The molecule has 0 radical (unpaired) electrons. The summed E-state index contributed by atoms with van der Waals surface area (Å²) in [6.45, 7) is 0. The van der Waals surface area contributed by atoms with E-state index >= 15 is 0 Å². The highest BCUT2D eigenvalue weighted by Crippen LogP contribution is 2.33. The molecule has 2 N–H and O–H groups in total. The van der Waals surface area contributed by atoms with Crippen molar-refractivity contribution in [3.63, 3.8) is 0 Å². The molecule has 1 heterocycles. The van der Waals surface area contributed by atoms with Crippen LogP contribution < -0.4 is 0 Å². The maximum atomic E-state index is 12.8. The molecule has 0 saturated carbocycles. The third-order valence-corrected chi connectivity index (χ3v) is 2.76. The van der Waals surface area contributed by atoms with E-state index in [1.165, 1.54) is 12.1 Å². The summed E-state index contributed by atoms with van der Waals surface area (Å²) in [5.74, 6) is -1.61. The average molecular weight is 212 g/mol. The van der Waals surface area contributed by atoms with Crippen molar-refractivity contribution in [1.29, 1.82) is 0 Å². The number of aromatic carboxylic acids is 1. The lowest BCUT2D eigenvalue weighted by molar-refractivity contribution is 0.0694. The van der Waals surface area contributed by atoms with Crippen LogP contribution in [0.5, 0.6) is 5.75 Å². The summed E-state index contributed by atoms with van der Waals surface area (Å²) in [4.78, 5) is 10.6. The maximum Gasteiger partial charge on any atom is 0.339 e. The number of aromatic hydroxyl groups is 1. The zero-order valence-electron chi connectivity index (χ0n) is 6.82. The van der Waals surface area contributed by atoms with Crippen molar-refractivity contribution < 1.29 is 19.4 Å². The number of carboxylic acid groups (broad SMARTS) is 1. The molecule has 0 unspecified atom stereocenters. The Morgan fingerprint density at radius 3 is 2.79 bits per heavy atom. The van der Waals surface area contributed by atoms with Gasteiger partial charge in [0.15, 0.2) is 5.13 Å². The van der Waals surface area contributed by atoms with Gasteiger partial charge in [0.25, 0.3) is 0 Å². The lowest BCUT2D eigenvalue weighted by atomic mass is 10.1. The van der Waals surface area contributed by atoms with Gasteiger partial charge in [-0.2, -0.15) is 4.39 Å². The third kappa shape index (κ3) is 1.22. The molecule has 5 heteroatoms. The van der Waals surface area contributed by atoms with Gasteiger partial charge < -0.3 is 10.2 Å². The first-order chi connectivity index (χ1) is 6.59. The fraction of sp³-hybridized carbons (Fsp3) is 0. The summed E-state index contributed by atoms with van der Waals surface area (Å²) >= 11 is 0.867. The van der Waals surface area contributed by atoms with Gasteiger partial charge in [-0.1, -0.05) is 0 Å². The zero-order valence-corrected chi connectivity index (χ0v) is 7.64. The van der Waals surface area contributed by atoms with Gasteiger partial charge in [0.1, 0.15) is 11.3 Å². The Hall–Kier alpha value is -1.62. The number of benzene rings is 1. The first-order valence-electron chi connectivity index (χ1n) is 3.74. The summed E-state index contributed by atoms with van der Waals surface area (Å²) in [5, 5.41) is 18.0. The number of fused-ring (bicyclic) bond motifs is 1. The highest BCUT2D eigenvalue weighted by molar-refractivity contribution is 7.17. The monoisotopic (exact) mass is 212 g/mol. The number of rotatable bonds is 1. The molecule has 0 atom stereocenters. The van der Waals surface area contributed by atoms with E-state index in [2.05, 4.69) is 0 Å². The summed E-state index contributed by atoms with van der Waals surface area (Å²) < 4.78 is 13.3. The van der Waals surface area contributed by atoms with Gasteiger partial charge in [-0.25, -0.2) is 4.79 Å². The number of carbonyl (C=O) groups is 1. The Labute approximate surface area is 82.0 Å². The first-order valence-corrected chi connectivity index (χ1v) is 4.55. The average Bonchev–Trinajstić information content (AvgIpc) is 2.46. The van der Waals surface area contributed by atoms with E-state index in [0.29, 0.717) is 4.70 Å². The highest BCUT2D eigenvalue weighted by Gasteiger charge is 2.14. The van der Waals surface area contributed by atoms with E-state index in [1.807, 2.05) is 0 Å². The van der Waals surface area contributed by atoms with Gasteiger partial charge in [-0.3, -0.25) is 0 Å². The van der Waals surface area contributed by atoms with Gasteiger partial charge in [-0.05, 0) is 18.2 Å². The predicted molar refractivity (Wildman–Crippen MR) is 50.4 cm³/mol. The van der Waals surface area contributed by atoms with Crippen LogP contribution in [-0.2, 0) is 0 Å². The van der Waals surface area contributed by atoms with Crippen molar-refractivity contribution >= 4 is 27.4 Å². The minimum atomic E-state index is -1.23. The number of halogens is 1. The summed E-state index contributed by atoms with van der Waals surface area (Å²) in [5.41, 5.74) is -0.213. The molecule has 3 nitrogen and oxygen atoms in total. The quantitative estimate of drug-likeness (QED) is 0.763. The lowest BCUT2D eigenvalue weighted by Crippen LogP contribution is -1.95. The van der Waals surface area contributed by atoms with E-state index < -0.39 is 11.1 Å². The van der Waals surface area contributed by atoms with E-state index in [0.717, 1.165) is 17.4 Å². The van der Waals surface area contributed by atoms with E-state index in [4.69, 9.17) is 5.11 Å². The zero-order chi connectivity index (χ0) is 10.3. The fourth-order valence-electron chi connectivity index (χ4n) is 1.24. The fourth-order valence-corrected chi connectivity index (χ4v) is 2.03. The van der Waals surface area contributed by atoms with Crippen LogP contribution in [0.3, 0.4) is 0 Å². The minimum absolute atomic E-state index is 0.213. The Bertz CT molecular complexity index is 518. The SMILES string of the molecule is O=C(O)c1ccc2sc(F)cc2c1O. The molecule has 0 aliphatic heterocycles. The van der Waals surface area contributed by atoms with Gasteiger partial charge >= 0.3 is 5.97 Å². The molecule has 1 aromatic carbocycles. The molecule has 0 aliphatic rings. The number of hydrogen-bond acceptors (Lipinski definition) is 3. The van der Waals surface area contributed by atoms with Crippen LogP contribution in [-0.4, -0.2) is 16.2 Å². The van der Waals surface area contributed by atoms with E-state index in [-0.39, 0.29) is 16.7 Å². The Kier molecular flexibility index (Phi) is 1.89. The highest BCUT2D eigenvalue weighted by atomic mass is 32.1. The molecule has 72 valence electrons. The van der Waals surface area contributed by atoms with Crippen molar-refractivity contribution in [3.8, 4) is 5.75 Å². The van der Waals surface area contributed by atoms with Crippen LogP contribution in [0, 0.1) is 5.13 Å². The second-order valence-electron chi connectivity index (χ2n) is 2.73. The van der Waals surface area contributed by atoms with Crippen LogP contribution in [0.2, 0.25) is 0 Å². The number of thiophene rings is 1. The van der Waals surface area contributed by atoms with Crippen molar-refractivity contribution in [2.24, 2.45) is 0 Å². The summed E-state index contributed by atoms with van der Waals surface area (Å²) in [6, 6.07) is 3.87. The lowest BCUT2D eigenvalue weighted by Gasteiger charge is -1.99. The van der Waals surface area contributed by atoms with Crippen molar-refractivity contribution in [2.45, 2.75) is 0 Å². The van der Waals surface area contributed by atoms with Crippen molar-refractivity contribution in [3.05, 3.63) is 28.9 Å². The molecule has 14 heavy (non-hydrogen) atoms. The summed E-state index contributed by atoms with van der Waals surface area (Å²) in [7, 11) is 0. The molecule has 2 aromatic rings. The minimum Gasteiger partial charge on any atom is -0.506 e. The maximum absolute atomic E-state index is 12.8. The van der Waals surface area contributed by atoms with Crippen LogP contribution in [0.4, 0.5) is 4.39 Å². The van der Waals surface area contributed by atoms with Gasteiger partial charge in [0.05, 0.1) is 0 Å². The van der Waals surface area contributed by atoms with Crippen molar-refractivity contribution in [1.82, 2.24) is 0 Å².